The first kappa shape index (κ1) is 18.3. The molecule has 0 saturated carbocycles. The molecule has 1 aromatic carbocycles. The van der Waals surface area contributed by atoms with Crippen molar-refractivity contribution in [1.82, 2.24) is 15.5 Å². The van der Waals surface area contributed by atoms with Crippen molar-refractivity contribution in [3.05, 3.63) is 35.4 Å². The maximum atomic E-state index is 12.8. The van der Waals surface area contributed by atoms with Crippen LogP contribution in [0.25, 0.3) is 0 Å². The van der Waals surface area contributed by atoms with Crippen LogP contribution in [0.2, 0.25) is 0 Å². The number of halogens is 3. The van der Waals surface area contributed by atoms with Crippen LogP contribution in [-0.4, -0.2) is 42.4 Å². The van der Waals surface area contributed by atoms with E-state index < -0.39 is 17.8 Å². The lowest BCUT2D eigenvalue weighted by Crippen LogP contribution is -2.56. The molecule has 1 aromatic rings. The van der Waals surface area contributed by atoms with Gasteiger partial charge in [0.15, 0.2) is 0 Å². The summed E-state index contributed by atoms with van der Waals surface area (Å²) in [6.45, 7) is 3.30. The van der Waals surface area contributed by atoms with Crippen LogP contribution < -0.4 is 10.6 Å². The number of carbonyl (C=O) groups is 2. The second-order valence-electron chi connectivity index (χ2n) is 5.63. The SMILES string of the molecule is CCNC(=O)C[C@@H]1C(=O)NCCN1Cc1cccc(C(F)(F)F)c1. The Labute approximate surface area is 138 Å². The topological polar surface area (TPSA) is 61.4 Å². The Morgan fingerprint density at radius 2 is 2.17 bits per heavy atom. The first-order valence-corrected chi connectivity index (χ1v) is 7.76. The van der Waals surface area contributed by atoms with Gasteiger partial charge in [0.25, 0.3) is 0 Å². The summed E-state index contributed by atoms with van der Waals surface area (Å²) >= 11 is 0. The highest BCUT2D eigenvalue weighted by Gasteiger charge is 2.33. The van der Waals surface area contributed by atoms with Gasteiger partial charge < -0.3 is 10.6 Å². The minimum atomic E-state index is -4.41. The molecule has 0 aromatic heterocycles. The van der Waals surface area contributed by atoms with Gasteiger partial charge in [-0.1, -0.05) is 18.2 Å². The van der Waals surface area contributed by atoms with Crippen molar-refractivity contribution in [2.45, 2.75) is 32.1 Å². The fourth-order valence-corrected chi connectivity index (χ4v) is 2.70. The van der Waals surface area contributed by atoms with Crippen LogP contribution in [0.4, 0.5) is 13.2 Å². The third-order valence-corrected chi connectivity index (χ3v) is 3.83. The number of carbonyl (C=O) groups excluding carboxylic acids is 2. The van der Waals surface area contributed by atoms with E-state index in [4.69, 9.17) is 0 Å². The van der Waals surface area contributed by atoms with Crippen molar-refractivity contribution in [3.8, 4) is 0 Å². The number of nitrogens with zero attached hydrogens (tertiary/aromatic N) is 1. The monoisotopic (exact) mass is 343 g/mol. The molecule has 0 unspecified atom stereocenters. The molecule has 1 fully saturated rings. The first-order valence-electron chi connectivity index (χ1n) is 7.76. The lowest BCUT2D eigenvalue weighted by molar-refractivity contribution is -0.137. The normalized spacial score (nSPS) is 19.0. The molecule has 2 rings (SSSR count). The van der Waals surface area contributed by atoms with Crippen LogP contribution in [0.15, 0.2) is 24.3 Å². The summed E-state index contributed by atoms with van der Waals surface area (Å²) in [6.07, 6.45) is -4.42. The third kappa shape index (κ3) is 4.70. The van der Waals surface area contributed by atoms with Crippen molar-refractivity contribution in [2.75, 3.05) is 19.6 Å². The van der Waals surface area contributed by atoms with Crippen molar-refractivity contribution in [1.29, 1.82) is 0 Å². The molecule has 1 heterocycles. The van der Waals surface area contributed by atoms with Crippen LogP contribution in [0.3, 0.4) is 0 Å². The number of piperazine rings is 1. The van der Waals surface area contributed by atoms with Gasteiger partial charge >= 0.3 is 6.18 Å². The molecule has 8 heteroatoms. The van der Waals surface area contributed by atoms with Gasteiger partial charge in [0.2, 0.25) is 11.8 Å². The maximum absolute atomic E-state index is 12.8. The van der Waals surface area contributed by atoms with E-state index in [-0.39, 0.29) is 24.8 Å². The van der Waals surface area contributed by atoms with Crippen molar-refractivity contribution in [2.24, 2.45) is 0 Å². The summed E-state index contributed by atoms with van der Waals surface area (Å²) in [5.41, 5.74) is -0.262. The highest BCUT2D eigenvalue weighted by Crippen LogP contribution is 2.30. The van der Waals surface area contributed by atoms with Crippen LogP contribution in [0.5, 0.6) is 0 Å². The van der Waals surface area contributed by atoms with Gasteiger partial charge in [-0.3, -0.25) is 14.5 Å². The van der Waals surface area contributed by atoms with Gasteiger partial charge in [-0.25, -0.2) is 0 Å². The van der Waals surface area contributed by atoms with Crippen molar-refractivity contribution >= 4 is 11.8 Å². The predicted octanol–water partition coefficient (Wildman–Crippen LogP) is 1.53. The average molecular weight is 343 g/mol. The number of rotatable bonds is 5. The molecule has 0 radical (unpaired) electrons. The molecule has 1 saturated heterocycles. The average Bonchev–Trinajstić information content (AvgIpc) is 2.50. The highest BCUT2D eigenvalue weighted by atomic mass is 19.4. The Balaban J connectivity index is 2.13. The molecule has 0 bridgehead atoms. The second kappa shape index (κ2) is 7.65. The molecule has 2 N–H and O–H groups in total. The van der Waals surface area contributed by atoms with Gasteiger partial charge in [0, 0.05) is 26.2 Å². The van der Waals surface area contributed by atoms with E-state index in [1.54, 1.807) is 17.9 Å². The molecule has 0 spiro atoms. The number of hydrogen-bond donors (Lipinski definition) is 2. The van der Waals surface area contributed by atoms with Crippen molar-refractivity contribution < 1.29 is 22.8 Å². The summed E-state index contributed by atoms with van der Waals surface area (Å²) in [7, 11) is 0. The van der Waals surface area contributed by atoms with Gasteiger partial charge in [0.1, 0.15) is 0 Å². The van der Waals surface area contributed by atoms with Gasteiger partial charge in [0.05, 0.1) is 18.0 Å². The number of alkyl halides is 3. The quantitative estimate of drug-likeness (QED) is 0.852. The smallest absolute Gasteiger partial charge is 0.356 e. The molecule has 1 aliphatic rings. The van der Waals surface area contributed by atoms with E-state index in [0.29, 0.717) is 25.2 Å². The molecule has 1 aliphatic heterocycles. The predicted molar refractivity (Wildman–Crippen MR) is 82.0 cm³/mol. The molecule has 0 aliphatic carbocycles. The fourth-order valence-electron chi connectivity index (χ4n) is 2.70. The molecule has 24 heavy (non-hydrogen) atoms. The van der Waals surface area contributed by atoms with E-state index in [0.717, 1.165) is 12.1 Å². The Hall–Kier alpha value is -2.09. The van der Waals surface area contributed by atoms with Crippen molar-refractivity contribution in [3.63, 3.8) is 0 Å². The second-order valence-corrected chi connectivity index (χ2v) is 5.63. The summed E-state index contributed by atoms with van der Waals surface area (Å²) in [6, 6.07) is 4.35. The van der Waals surface area contributed by atoms with Crippen LogP contribution >= 0.6 is 0 Å². The lowest BCUT2D eigenvalue weighted by atomic mass is 10.1. The number of nitrogens with one attached hydrogen (secondary N) is 2. The van der Waals surface area contributed by atoms with E-state index in [2.05, 4.69) is 10.6 Å². The molecular weight excluding hydrogens is 323 g/mol. The number of hydrogen-bond acceptors (Lipinski definition) is 3. The van der Waals surface area contributed by atoms with E-state index in [1.807, 2.05) is 0 Å². The minimum Gasteiger partial charge on any atom is -0.356 e. The van der Waals surface area contributed by atoms with Crippen LogP contribution in [0, 0.1) is 0 Å². The van der Waals surface area contributed by atoms with E-state index in [9.17, 15) is 22.8 Å². The zero-order valence-corrected chi connectivity index (χ0v) is 13.3. The summed E-state index contributed by atoms with van der Waals surface area (Å²) in [5.74, 6) is -0.534. The van der Waals surface area contributed by atoms with E-state index in [1.165, 1.54) is 6.07 Å². The Morgan fingerprint density at radius 1 is 1.42 bits per heavy atom. The highest BCUT2D eigenvalue weighted by molar-refractivity contribution is 5.88. The largest absolute Gasteiger partial charge is 0.416 e. The number of amides is 2. The standard InChI is InChI=1S/C16H20F3N3O2/c1-2-20-14(23)9-13-15(24)21-6-7-22(13)10-11-4-3-5-12(8-11)16(17,18)19/h3-5,8,13H,2,6-7,9-10H2,1H3,(H,20,23)(H,21,24)/t13-/m1/s1. The van der Waals surface area contributed by atoms with Crippen LogP contribution in [0.1, 0.15) is 24.5 Å². The summed E-state index contributed by atoms with van der Waals surface area (Å²) in [5, 5.41) is 5.32. The summed E-state index contributed by atoms with van der Waals surface area (Å²) < 4.78 is 38.4. The Bertz CT molecular complexity index is 604. The fraction of sp³-hybridized carbons (Fsp3) is 0.500. The molecular formula is C16H20F3N3O2. The maximum Gasteiger partial charge on any atom is 0.416 e. The first-order chi connectivity index (χ1) is 11.3. The third-order valence-electron chi connectivity index (χ3n) is 3.83. The Morgan fingerprint density at radius 3 is 2.83 bits per heavy atom. The lowest BCUT2D eigenvalue weighted by Gasteiger charge is -2.34. The summed E-state index contributed by atoms with van der Waals surface area (Å²) in [4.78, 5) is 25.6. The van der Waals surface area contributed by atoms with Crippen LogP contribution in [-0.2, 0) is 22.3 Å². The van der Waals surface area contributed by atoms with Gasteiger partial charge in [-0.2, -0.15) is 13.2 Å². The molecule has 5 nitrogen and oxygen atoms in total. The van der Waals surface area contributed by atoms with Gasteiger partial charge in [-0.15, -0.1) is 0 Å². The zero-order valence-electron chi connectivity index (χ0n) is 13.3. The molecule has 132 valence electrons. The molecule has 1 atom stereocenters. The molecule has 2 amide bonds. The van der Waals surface area contributed by atoms with E-state index >= 15 is 0 Å². The zero-order chi connectivity index (χ0) is 17.7. The number of benzene rings is 1. The Kier molecular flexibility index (Phi) is 5.82. The van der Waals surface area contributed by atoms with Gasteiger partial charge in [-0.05, 0) is 18.6 Å². The minimum absolute atomic E-state index is 0.0152.